The van der Waals surface area contributed by atoms with Crippen molar-refractivity contribution in [1.29, 1.82) is 0 Å². The lowest BCUT2D eigenvalue weighted by molar-refractivity contribution is 0.126. The zero-order valence-electron chi connectivity index (χ0n) is 17.9. The number of nitrogens with zero attached hydrogens (tertiary/aromatic N) is 5. The van der Waals surface area contributed by atoms with Gasteiger partial charge in [0.15, 0.2) is 5.13 Å². The molecule has 3 heterocycles. The molecule has 1 fully saturated rings. The SMILES string of the molecule is COc1cc(Nc2ncc(-c3nnc(-c4ccccc4)o3)s2)nc(NC2CCC(O)CC2)n1. The van der Waals surface area contributed by atoms with Crippen LogP contribution in [0.4, 0.5) is 16.9 Å². The van der Waals surface area contributed by atoms with Crippen LogP contribution in [0.2, 0.25) is 0 Å². The van der Waals surface area contributed by atoms with Crippen molar-refractivity contribution in [3.8, 4) is 28.1 Å². The fourth-order valence-electron chi connectivity index (χ4n) is 3.62. The van der Waals surface area contributed by atoms with Crippen molar-refractivity contribution in [3.63, 3.8) is 0 Å². The Morgan fingerprint density at radius 1 is 1.06 bits per heavy atom. The topological polar surface area (TPSA) is 131 Å². The van der Waals surface area contributed by atoms with E-state index < -0.39 is 0 Å². The van der Waals surface area contributed by atoms with Gasteiger partial charge in [0, 0.05) is 17.7 Å². The van der Waals surface area contributed by atoms with Gasteiger partial charge < -0.3 is 24.9 Å². The van der Waals surface area contributed by atoms with Crippen molar-refractivity contribution in [2.45, 2.75) is 37.8 Å². The number of anilines is 3. The second kappa shape index (κ2) is 9.51. The maximum Gasteiger partial charge on any atom is 0.259 e. The van der Waals surface area contributed by atoms with Gasteiger partial charge in [-0.3, -0.25) is 0 Å². The van der Waals surface area contributed by atoms with Gasteiger partial charge in [0.1, 0.15) is 10.7 Å². The molecule has 5 rings (SSSR count). The molecule has 1 saturated carbocycles. The highest BCUT2D eigenvalue weighted by atomic mass is 32.1. The fourth-order valence-corrected chi connectivity index (χ4v) is 4.37. The van der Waals surface area contributed by atoms with Crippen LogP contribution in [0.5, 0.6) is 5.88 Å². The number of aromatic nitrogens is 5. The number of nitrogens with one attached hydrogen (secondary N) is 2. The lowest BCUT2D eigenvalue weighted by atomic mass is 9.93. The van der Waals surface area contributed by atoms with Gasteiger partial charge in [-0.25, -0.2) is 4.98 Å². The molecule has 1 aliphatic carbocycles. The normalized spacial score (nSPS) is 18.1. The first-order valence-electron chi connectivity index (χ1n) is 10.7. The van der Waals surface area contributed by atoms with Gasteiger partial charge in [0.05, 0.1) is 19.4 Å². The summed E-state index contributed by atoms with van der Waals surface area (Å²) >= 11 is 1.38. The van der Waals surface area contributed by atoms with E-state index in [-0.39, 0.29) is 12.1 Å². The number of thiazole rings is 1. The molecule has 11 heteroatoms. The van der Waals surface area contributed by atoms with Gasteiger partial charge in [-0.2, -0.15) is 9.97 Å². The first kappa shape index (κ1) is 21.3. The number of aliphatic hydroxyl groups is 1. The zero-order chi connectivity index (χ0) is 22.6. The summed E-state index contributed by atoms with van der Waals surface area (Å²) < 4.78 is 11.2. The smallest absolute Gasteiger partial charge is 0.259 e. The molecular formula is C22H23N7O3S. The predicted octanol–water partition coefficient (Wildman–Crippen LogP) is 4.12. The van der Waals surface area contributed by atoms with Crippen LogP contribution in [-0.2, 0) is 0 Å². The number of hydrogen-bond acceptors (Lipinski definition) is 11. The van der Waals surface area contributed by atoms with Crippen molar-refractivity contribution >= 4 is 28.2 Å². The average Bonchev–Trinajstić information content (AvgIpc) is 3.51. The fraction of sp³-hybridized carbons (Fsp3) is 0.318. The molecule has 10 nitrogen and oxygen atoms in total. The third-order valence-corrected chi connectivity index (χ3v) is 6.24. The third-order valence-electron chi connectivity index (χ3n) is 5.34. The minimum absolute atomic E-state index is 0.215. The van der Waals surface area contributed by atoms with Gasteiger partial charge in [-0.1, -0.05) is 29.5 Å². The van der Waals surface area contributed by atoms with Crippen LogP contribution < -0.4 is 15.4 Å². The van der Waals surface area contributed by atoms with E-state index in [1.54, 1.807) is 19.4 Å². The Morgan fingerprint density at radius 2 is 1.85 bits per heavy atom. The summed E-state index contributed by atoms with van der Waals surface area (Å²) in [4.78, 5) is 14.1. The van der Waals surface area contributed by atoms with Crippen LogP contribution in [-0.4, -0.2) is 49.5 Å². The largest absolute Gasteiger partial charge is 0.481 e. The molecule has 0 spiro atoms. The van der Waals surface area contributed by atoms with Crippen LogP contribution >= 0.6 is 11.3 Å². The molecule has 0 saturated heterocycles. The Balaban J connectivity index is 1.30. The Hall–Kier alpha value is -3.57. The molecule has 0 unspecified atom stereocenters. The first-order chi connectivity index (χ1) is 16.2. The number of aliphatic hydroxyl groups excluding tert-OH is 1. The number of rotatable bonds is 7. The van der Waals surface area contributed by atoms with Crippen molar-refractivity contribution in [1.82, 2.24) is 25.1 Å². The van der Waals surface area contributed by atoms with Gasteiger partial charge in [-0.05, 0) is 37.8 Å². The number of ether oxygens (including phenoxy) is 1. The molecule has 3 N–H and O–H groups in total. The molecule has 0 radical (unpaired) electrons. The number of benzene rings is 1. The van der Waals surface area contributed by atoms with Gasteiger partial charge in [0.25, 0.3) is 5.89 Å². The second-order valence-corrected chi connectivity index (χ2v) is 8.73. The van der Waals surface area contributed by atoms with Gasteiger partial charge in [-0.15, -0.1) is 10.2 Å². The quantitative estimate of drug-likeness (QED) is 0.366. The van der Waals surface area contributed by atoms with E-state index in [1.165, 1.54) is 11.3 Å². The minimum Gasteiger partial charge on any atom is -0.481 e. The monoisotopic (exact) mass is 465 g/mol. The Bertz CT molecular complexity index is 1210. The predicted molar refractivity (Wildman–Crippen MR) is 125 cm³/mol. The molecule has 0 aliphatic heterocycles. The molecule has 33 heavy (non-hydrogen) atoms. The molecular weight excluding hydrogens is 442 g/mol. The van der Waals surface area contributed by atoms with Crippen LogP contribution in [0.3, 0.4) is 0 Å². The van der Waals surface area contributed by atoms with E-state index in [0.717, 1.165) is 36.1 Å². The molecule has 0 amide bonds. The van der Waals surface area contributed by atoms with E-state index in [0.29, 0.717) is 34.6 Å². The zero-order valence-corrected chi connectivity index (χ0v) is 18.7. The van der Waals surface area contributed by atoms with Crippen molar-refractivity contribution in [3.05, 3.63) is 42.6 Å². The highest BCUT2D eigenvalue weighted by Gasteiger charge is 2.20. The van der Waals surface area contributed by atoms with E-state index in [9.17, 15) is 5.11 Å². The van der Waals surface area contributed by atoms with Crippen LogP contribution in [0.1, 0.15) is 25.7 Å². The molecule has 0 atom stereocenters. The number of hydrogen-bond donors (Lipinski definition) is 3. The maximum absolute atomic E-state index is 9.72. The summed E-state index contributed by atoms with van der Waals surface area (Å²) in [5.74, 6) is 2.32. The summed E-state index contributed by atoms with van der Waals surface area (Å²) in [6.07, 6.45) is 4.76. The van der Waals surface area contributed by atoms with Crippen LogP contribution in [0.15, 0.2) is 47.0 Å². The Morgan fingerprint density at radius 3 is 2.64 bits per heavy atom. The lowest BCUT2D eigenvalue weighted by Crippen LogP contribution is -2.29. The second-order valence-electron chi connectivity index (χ2n) is 7.70. The van der Waals surface area contributed by atoms with E-state index in [1.807, 2.05) is 30.3 Å². The van der Waals surface area contributed by atoms with Gasteiger partial charge in [0.2, 0.25) is 17.7 Å². The third kappa shape index (κ3) is 5.10. The molecule has 170 valence electrons. The molecule has 3 aromatic heterocycles. The summed E-state index contributed by atoms with van der Waals surface area (Å²) in [5, 5.41) is 25.2. The molecule has 0 bridgehead atoms. The highest BCUT2D eigenvalue weighted by Crippen LogP contribution is 2.32. The van der Waals surface area contributed by atoms with Crippen LogP contribution in [0, 0.1) is 0 Å². The van der Waals surface area contributed by atoms with E-state index >= 15 is 0 Å². The lowest BCUT2D eigenvalue weighted by Gasteiger charge is -2.26. The van der Waals surface area contributed by atoms with Crippen molar-refractivity contribution in [2.24, 2.45) is 0 Å². The summed E-state index contributed by atoms with van der Waals surface area (Å²) in [6.45, 7) is 0. The molecule has 4 aromatic rings. The van der Waals surface area contributed by atoms with Crippen molar-refractivity contribution < 1.29 is 14.3 Å². The molecule has 1 aliphatic rings. The average molecular weight is 466 g/mol. The molecule has 1 aromatic carbocycles. The standard InChI is InChI=1S/C22H23N7O3S/c1-31-18-11-17(25-21(27-18)24-14-7-9-15(30)10-8-14)26-22-23-12-16(33-22)20-29-28-19(32-20)13-5-3-2-4-6-13/h2-6,11-12,14-15,30H,7-10H2,1H3,(H2,23,24,25,26,27). The van der Waals surface area contributed by atoms with E-state index in [4.69, 9.17) is 9.15 Å². The highest BCUT2D eigenvalue weighted by molar-refractivity contribution is 7.18. The summed E-state index contributed by atoms with van der Waals surface area (Å²) in [6, 6.07) is 11.5. The number of methoxy groups -OCH3 is 1. The Kier molecular flexibility index (Phi) is 6.13. The summed E-state index contributed by atoms with van der Waals surface area (Å²) in [5.41, 5.74) is 0.861. The first-order valence-corrected chi connectivity index (χ1v) is 11.5. The van der Waals surface area contributed by atoms with E-state index in [2.05, 4.69) is 35.8 Å². The Labute approximate surface area is 194 Å². The minimum atomic E-state index is -0.215. The maximum atomic E-state index is 9.72. The summed E-state index contributed by atoms with van der Waals surface area (Å²) in [7, 11) is 1.56. The van der Waals surface area contributed by atoms with Crippen molar-refractivity contribution in [2.75, 3.05) is 17.7 Å². The van der Waals surface area contributed by atoms with Gasteiger partial charge >= 0.3 is 0 Å². The van der Waals surface area contributed by atoms with Crippen LogP contribution in [0.25, 0.3) is 22.2 Å².